The summed E-state index contributed by atoms with van der Waals surface area (Å²) in [4.78, 5) is 11.7. The Kier molecular flexibility index (Phi) is 5.81. The largest absolute Gasteiger partial charge is 0.489 e. The van der Waals surface area contributed by atoms with E-state index in [0.29, 0.717) is 5.56 Å². The van der Waals surface area contributed by atoms with Crippen molar-refractivity contribution in [3.05, 3.63) is 65.0 Å². The van der Waals surface area contributed by atoms with Crippen LogP contribution in [0.1, 0.15) is 22.8 Å². The predicted octanol–water partition coefficient (Wildman–Crippen LogP) is 2.79. The zero-order chi connectivity index (χ0) is 17.7. The van der Waals surface area contributed by atoms with Gasteiger partial charge in [-0.05, 0) is 24.6 Å². The molecule has 0 saturated heterocycles. The Morgan fingerprint density at radius 2 is 1.75 bits per heavy atom. The molecule has 0 bridgehead atoms. The molecule has 2 rings (SSSR count). The number of carbonyl (C=O) groups excluding carboxylic acids is 1. The Labute approximate surface area is 136 Å². The molecule has 0 heterocycles. The van der Waals surface area contributed by atoms with E-state index in [9.17, 15) is 18.0 Å². The lowest BCUT2D eigenvalue weighted by molar-refractivity contribution is 0.0915. The Morgan fingerprint density at radius 1 is 1.17 bits per heavy atom. The number of amides is 1. The van der Waals surface area contributed by atoms with Gasteiger partial charge in [0.1, 0.15) is 35.4 Å². The van der Waals surface area contributed by atoms with E-state index in [2.05, 4.69) is 5.32 Å². The van der Waals surface area contributed by atoms with E-state index in [-0.39, 0.29) is 18.9 Å². The molecule has 128 valence electrons. The third-order valence-electron chi connectivity index (χ3n) is 3.12. The fourth-order valence-electron chi connectivity index (χ4n) is 1.93. The number of aliphatic hydroxyl groups is 1. The van der Waals surface area contributed by atoms with Gasteiger partial charge in [0.05, 0.1) is 6.10 Å². The molecule has 24 heavy (non-hydrogen) atoms. The molecular weight excluding hydrogens is 323 g/mol. The van der Waals surface area contributed by atoms with Gasteiger partial charge in [0.2, 0.25) is 0 Å². The molecule has 0 aliphatic carbocycles. The van der Waals surface area contributed by atoms with Gasteiger partial charge < -0.3 is 15.2 Å². The molecule has 0 aliphatic heterocycles. The van der Waals surface area contributed by atoms with Crippen LogP contribution >= 0.6 is 0 Å². The van der Waals surface area contributed by atoms with Crippen LogP contribution in [0, 0.1) is 17.5 Å². The Balaban J connectivity index is 2.08. The lowest BCUT2D eigenvalue weighted by Gasteiger charge is -2.11. The summed E-state index contributed by atoms with van der Waals surface area (Å²) in [5, 5.41) is 11.3. The van der Waals surface area contributed by atoms with E-state index in [1.54, 1.807) is 0 Å². The molecule has 0 aliphatic rings. The molecule has 2 aromatic rings. The first kappa shape index (κ1) is 17.8. The summed E-state index contributed by atoms with van der Waals surface area (Å²) in [6.07, 6.45) is -0.835. The molecule has 1 unspecified atom stereocenters. The van der Waals surface area contributed by atoms with Crippen LogP contribution in [0.3, 0.4) is 0 Å². The monoisotopic (exact) mass is 339 g/mol. The van der Waals surface area contributed by atoms with Crippen LogP contribution in [0.15, 0.2) is 36.4 Å². The smallest absolute Gasteiger partial charge is 0.257 e. The zero-order valence-corrected chi connectivity index (χ0v) is 12.9. The molecule has 1 amide bonds. The predicted molar refractivity (Wildman–Crippen MR) is 81.1 cm³/mol. The minimum Gasteiger partial charge on any atom is -0.489 e. The highest BCUT2D eigenvalue weighted by atomic mass is 19.1. The van der Waals surface area contributed by atoms with Gasteiger partial charge in [0, 0.05) is 18.7 Å². The first-order valence-corrected chi connectivity index (χ1v) is 7.19. The molecule has 0 aromatic heterocycles. The van der Waals surface area contributed by atoms with Gasteiger partial charge in [-0.2, -0.15) is 0 Å². The summed E-state index contributed by atoms with van der Waals surface area (Å²) in [5.74, 6) is -3.61. The van der Waals surface area contributed by atoms with Crippen molar-refractivity contribution in [2.45, 2.75) is 19.6 Å². The number of halogens is 3. The topological polar surface area (TPSA) is 58.6 Å². The summed E-state index contributed by atoms with van der Waals surface area (Å²) < 4.78 is 46.0. The number of hydrogen-bond donors (Lipinski definition) is 2. The minimum atomic E-state index is -1.08. The number of hydrogen-bond acceptors (Lipinski definition) is 3. The SMILES string of the molecule is CC(O)CNC(=O)c1c(F)cc(OCc2ccc(F)cc2)cc1F. The normalized spacial score (nSPS) is 11.9. The first-order chi connectivity index (χ1) is 11.4. The van der Waals surface area contributed by atoms with Crippen LogP contribution in [-0.4, -0.2) is 23.7 Å². The second kappa shape index (κ2) is 7.83. The van der Waals surface area contributed by atoms with Crippen molar-refractivity contribution in [2.75, 3.05) is 6.54 Å². The summed E-state index contributed by atoms with van der Waals surface area (Å²) >= 11 is 0. The first-order valence-electron chi connectivity index (χ1n) is 7.19. The van der Waals surface area contributed by atoms with Crippen LogP contribution in [0.5, 0.6) is 5.75 Å². The summed E-state index contributed by atoms with van der Waals surface area (Å²) in [6, 6.07) is 7.25. The number of rotatable bonds is 6. The molecule has 2 aromatic carbocycles. The quantitative estimate of drug-likeness (QED) is 0.851. The molecule has 0 saturated carbocycles. The lowest BCUT2D eigenvalue weighted by atomic mass is 10.1. The van der Waals surface area contributed by atoms with Gasteiger partial charge in [-0.1, -0.05) is 12.1 Å². The standard InChI is InChI=1S/C17H16F3NO3/c1-10(22)8-21-17(23)16-14(19)6-13(7-15(16)20)24-9-11-2-4-12(18)5-3-11/h2-7,10,22H,8-9H2,1H3,(H,21,23). The van der Waals surface area contributed by atoms with Gasteiger partial charge >= 0.3 is 0 Å². The number of nitrogens with one attached hydrogen (secondary N) is 1. The maximum absolute atomic E-state index is 14.0. The Bertz CT molecular complexity index is 695. The lowest BCUT2D eigenvalue weighted by Crippen LogP contribution is -2.31. The van der Waals surface area contributed by atoms with Gasteiger partial charge in [-0.25, -0.2) is 13.2 Å². The molecule has 0 radical (unpaired) electrons. The minimum absolute atomic E-state index is 0.00721. The average molecular weight is 339 g/mol. The van der Waals surface area contributed by atoms with Crippen LogP contribution in [0.4, 0.5) is 13.2 Å². The van der Waals surface area contributed by atoms with E-state index in [0.717, 1.165) is 12.1 Å². The van der Waals surface area contributed by atoms with Gasteiger partial charge in [-0.3, -0.25) is 4.79 Å². The van der Waals surface area contributed by atoms with Gasteiger partial charge in [0.25, 0.3) is 5.91 Å². The van der Waals surface area contributed by atoms with Crippen molar-refractivity contribution in [1.29, 1.82) is 0 Å². The van der Waals surface area contributed by atoms with Crippen molar-refractivity contribution in [1.82, 2.24) is 5.32 Å². The second-order valence-corrected chi connectivity index (χ2v) is 5.24. The van der Waals surface area contributed by atoms with Crippen molar-refractivity contribution in [2.24, 2.45) is 0 Å². The highest BCUT2D eigenvalue weighted by Gasteiger charge is 2.19. The molecule has 4 nitrogen and oxygen atoms in total. The van der Waals surface area contributed by atoms with Crippen LogP contribution in [0.2, 0.25) is 0 Å². The van der Waals surface area contributed by atoms with Crippen LogP contribution in [-0.2, 0) is 6.61 Å². The van der Waals surface area contributed by atoms with E-state index < -0.39 is 35.0 Å². The molecule has 1 atom stereocenters. The fourth-order valence-corrected chi connectivity index (χ4v) is 1.93. The maximum Gasteiger partial charge on any atom is 0.257 e. The van der Waals surface area contributed by atoms with Gasteiger partial charge in [-0.15, -0.1) is 0 Å². The summed E-state index contributed by atoms with van der Waals surface area (Å²) in [7, 11) is 0. The summed E-state index contributed by atoms with van der Waals surface area (Å²) in [6.45, 7) is 1.30. The highest BCUT2D eigenvalue weighted by molar-refractivity contribution is 5.94. The third-order valence-corrected chi connectivity index (χ3v) is 3.12. The van der Waals surface area contributed by atoms with Gasteiger partial charge in [0.15, 0.2) is 0 Å². The Hall–Kier alpha value is -2.54. The molecule has 2 N–H and O–H groups in total. The van der Waals surface area contributed by atoms with E-state index in [4.69, 9.17) is 9.84 Å². The highest BCUT2D eigenvalue weighted by Crippen LogP contribution is 2.22. The summed E-state index contributed by atoms with van der Waals surface area (Å²) in [5.41, 5.74) is -0.124. The Morgan fingerprint density at radius 3 is 2.29 bits per heavy atom. The number of ether oxygens (including phenoxy) is 1. The maximum atomic E-state index is 14.0. The zero-order valence-electron chi connectivity index (χ0n) is 12.9. The van der Waals surface area contributed by atoms with Crippen LogP contribution < -0.4 is 10.1 Å². The van der Waals surface area contributed by atoms with Crippen molar-refractivity contribution in [3.63, 3.8) is 0 Å². The van der Waals surface area contributed by atoms with Crippen molar-refractivity contribution < 1.29 is 27.8 Å². The average Bonchev–Trinajstić information content (AvgIpc) is 2.51. The number of benzene rings is 2. The van der Waals surface area contributed by atoms with E-state index in [1.165, 1.54) is 31.2 Å². The molecule has 0 spiro atoms. The molecular formula is C17H16F3NO3. The van der Waals surface area contributed by atoms with Crippen LogP contribution in [0.25, 0.3) is 0 Å². The van der Waals surface area contributed by atoms with Crippen molar-refractivity contribution >= 4 is 5.91 Å². The second-order valence-electron chi connectivity index (χ2n) is 5.24. The molecule has 0 fully saturated rings. The third kappa shape index (κ3) is 4.73. The number of carbonyl (C=O) groups is 1. The molecule has 7 heteroatoms. The number of aliphatic hydroxyl groups excluding tert-OH is 1. The van der Waals surface area contributed by atoms with Crippen molar-refractivity contribution in [3.8, 4) is 5.75 Å². The fraction of sp³-hybridized carbons (Fsp3) is 0.235. The van der Waals surface area contributed by atoms with E-state index in [1.807, 2.05) is 0 Å². The van der Waals surface area contributed by atoms with E-state index >= 15 is 0 Å².